The molecule has 0 radical (unpaired) electrons. The van der Waals surface area contributed by atoms with E-state index in [9.17, 15) is 18.0 Å². The van der Waals surface area contributed by atoms with E-state index in [4.69, 9.17) is 13.9 Å². The monoisotopic (exact) mass is 478 g/mol. The average molecular weight is 478 g/mol. The first-order chi connectivity index (χ1) is 16.6. The average Bonchev–Trinajstić information content (AvgIpc) is 3.14. The topological polar surface area (TPSA) is 57.9 Å². The van der Waals surface area contributed by atoms with Gasteiger partial charge >= 0.3 is 12.3 Å². The summed E-state index contributed by atoms with van der Waals surface area (Å²) in [5.74, 6) is 4.85. The number of halogens is 3. The fraction of sp³-hybridized carbons (Fsp3) is 0.148. The van der Waals surface area contributed by atoms with Gasteiger partial charge in [0.25, 0.3) is 0 Å². The number of fused-ring (bicyclic) bond motifs is 2. The highest BCUT2D eigenvalue weighted by Crippen LogP contribution is 2.40. The van der Waals surface area contributed by atoms with Gasteiger partial charge in [0.05, 0.1) is 5.56 Å². The van der Waals surface area contributed by atoms with E-state index in [0.29, 0.717) is 33.6 Å². The lowest BCUT2D eigenvalue weighted by molar-refractivity contribution is -0.274. The molecule has 4 aromatic rings. The zero-order chi connectivity index (χ0) is 24.8. The number of furan rings is 1. The number of esters is 1. The van der Waals surface area contributed by atoms with Crippen LogP contribution < -0.4 is 9.47 Å². The van der Waals surface area contributed by atoms with Gasteiger partial charge in [0.2, 0.25) is 5.79 Å². The first kappa shape index (κ1) is 22.4. The summed E-state index contributed by atoms with van der Waals surface area (Å²) >= 11 is 0. The maximum atomic E-state index is 12.6. The molecule has 2 heterocycles. The van der Waals surface area contributed by atoms with Crippen LogP contribution in [0.2, 0.25) is 0 Å². The molecule has 0 aliphatic carbocycles. The highest BCUT2D eigenvalue weighted by molar-refractivity contribution is 6.01. The van der Waals surface area contributed by atoms with Crippen molar-refractivity contribution in [1.29, 1.82) is 0 Å². The lowest BCUT2D eigenvalue weighted by atomic mass is 10.0. The van der Waals surface area contributed by atoms with Crippen molar-refractivity contribution in [2.24, 2.45) is 0 Å². The smallest absolute Gasteiger partial charge is 0.455 e. The Labute approximate surface area is 198 Å². The van der Waals surface area contributed by atoms with Gasteiger partial charge in [0.15, 0.2) is 5.76 Å². The third-order valence-electron chi connectivity index (χ3n) is 5.16. The predicted molar refractivity (Wildman–Crippen MR) is 121 cm³/mol. The lowest BCUT2D eigenvalue weighted by Gasteiger charge is -2.31. The SMILES string of the molecule is CC1(C)OC(=O)c2cc3c(C#Cc4ccc(OC(F)(F)F)cc4)c(-c4ccccc4)oc3cc2O1. The Balaban J connectivity index is 1.62. The highest BCUT2D eigenvalue weighted by atomic mass is 19.4. The summed E-state index contributed by atoms with van der Waals surface area (Å²) in [6.07, 6.45) is -4.77. The molecule has 0 saturated carbocycles. The van der Waals surface area contributed by atoms with E-state index in [1.54, 1.807) is 26.0 Å². The van der Waals surface area contributed by atoms with Crippen LogP contribution in [-0.4, -0.2) is 18.1 Å². The van der Waals surface area contributed by atoms with Crippen molar-refractivity contribution in [2.45, 2.75) is 26.0 Å². The molecule has 0 fully saturated rings. The van der Waals surface area contributed by atoms with E-state index < -0.39 is 18.1 Å². The quantitative estimate of drug-likeness (QED) is 0.238. The normalized spacial score (nSPS) is 14.4. The van der Waals surface area contributed by atoms with Crippen molar-refractivity contribution in [2.75, 3.05) is 0 Å². The molecule has 8 heteroatoms. The van der Waals surface area contributed by atoms with Crippen LogP contribution in [0, 0.1) is 11.8 Å². The van der Waals surface area contributed by atoms with Crippen LogP contribution in [0.5, 0.6) is 11.5 Å². The number of rotatable bonds is 2. The first-order valence-corrected chi connectivity index (χ1v) is 10.5. The molecule has 35 heavy (non-hydrogen) atoms. The van der Waals surface area contributed by atoms with Gasteiger partial charge in [-0.2, -0.15) is 0 Å². The number of ether oxygens (including phenoxy) is 3. The molecule has 0 atom stereocenters. The van der Waals surface area contributed by atoms with E-state index in [1.165, 1.54) is 24.3 Å². The van der Waals surface area contributed by atoms with E-state index in [-0.39, 0.29) is 11.3 Å². The Hall–Kier alpha value is -4.38. The number of hydrogen-bond acceptors (Lipinski definition) is 5. The van der Waals surface area contributed by atoms with Crippen molar-refractivity contribution >= 4 is 16.9 Å². The molecular weight excluding hydrogens is 461 g/mol. The maximum Gasteiger partial charge on any atom is 0.573 e. The van der Waals surface area contributed by atoms with Gasteiger partial charge in [-0.1, -0.05) is 42.2 Å². The van der Waals surface area contributed by atoms with Crippen LogP contribution in [0.25, 0.3) is 22.3 Å². The van der Waals surface area contributed by atoms with E-state index >= 15 is 0 Å². The highest BCUT2D eigenvalue weighted by Gasteiger charge is 2.35. The lowest BCUT2D eigenvalue weighted by Crippen LogP contribution is -2.38. The van der Waals surface area contributed by atoms with Crippen LogP contribution in [0.15, 0.2) is 71.1 Å². The summed E-state index contributed by atoms with van der Waals surface area (Å²) in [7, 11) is 0. The van der Waals surface area contributed by atoms with Gasteiger partial charge in [-0.15, -0.1) is 13.2 Å². The molecule has 0 saturated heterocycles. The Morgan fingerprint density at radius 1 is 0.914 bits per heavy atom. The summed E-state index contributed by atoms with van der Waals surface area (Å²) < 4.78 is 58.4. The first-order valence-electron chi connectivity index (χ1n) is 10.5. The van der Waals surface area contributed by atoms with Crippen molar-refractivity contribution in [1.82, 2.24) is 0 Å². The minimum atomic E-state index is -4.77. The van der Waals surface area contributed by atoms with Gasteiger partial charge < -0.3 is 18.6 Å². The third kappa shape index (κ3) is 4.66. The van der Waals surface area contributed by atoms with Gasteiger partial charge in [-0.3, -0.25) is 0 Å². The molecule has 1 aliphatic rings. The summed E-state index contributed by atoms with van der Waals surface area (Å²) in [5.41, 5.74) is 2.46. The van der Waals surface area contributed by atoms with E-state index in [0.717, 1.165) is 5.56 Å². The van der Waals surface area contributed by atoms with E-state index in [1.807, 2.05) is 30.3 Å². The van der Waals surface area contributed by atoms with Crippen molar-refractivity contribution < 1.29 is 36.6 Å². The third-order valence-corrected chi connectivity index (χ3v) is 5.16. The summed E-state index contributed by atoms with van der Waals surface area (Å²) in [6.45, 7) is 3.27. The molecule has 3 aromatic carbocycles. The number of hydrogen-bond donors (Lipinski definition) is 0. The second-order valence-electron chi connectivity index (χ2n) is 8.23. The van der Waals surface area contributed by atoms with Crippen molar-refractivity contribution in [3.8, 4) is 34.7 Å². The number of carbonyl (C=O) groups excluding carboxylic acids is 1. The summed E-state index contributed by atoms with van der Waals surface area (Å²) in [6, 6.07) is 17.8. The molecule has 176 valence electrons. The molecule has 0 unspecified atom stereocenters. The minimum Gasteiger partial charge on any atom is -0.455 e. The Bertz CT molecular complexity index is 1490. The largest absolute Gasteiger partial charge is 0.573 e. The Kier molecular flexibility index (Phi) is 5.21. The molecule has 0 amide bonds. The van der Waals surface area contributed by atoms with Gasteiger partial charge in [-0.05, 0) is 30.3 Å². The zero-order valence-corrected chi connectivity index (χ0v) is 18.5. The van der Waals surface area contributed by atoms with Crippen LogP contribution >= 0.6 is 0 Å². The number of alkyl halides is 3. The minimum absolute atomic E-state index is 0.244. The standard InChI is InChI=1S/C27H17F3O5/c1-26(2)34-23-15-22-20(14-21(23)25(31)35-26)19(24(32-22)17-6-4-3-5-7-17)13-10-16-8-11-18(12-9-16)33-27(28,29)30/h3-9,11-12,14-15H,1-2H3. The van der Waals surface area contributed by atoms with Crippen LogP contribution in [0.3, 0.4) is 0 Å². The number of cyclic esters (lactones) is 1. The van der Waals surface area contributed by atoms with Crippen LogP contribution in [0.4, 0.5) is 13.2 Å². The number of carbonyl (C=O) groups is 1. The summed E-state index contributed by atoms with van der Waals surface area (Å²) in [5, 5.41) is 0.576. The molecule has 0 N–H and O–H groups in total. The molecule has 1 aromatic heterocycles. The molecule has 0 spiro atoms. The molecular formula is C27H17F3O5. The van der Waals surface area contributed by atoms with Crippen LogP contribution in [-0.2, 0) is 4.74 Å². The Morgan fingerprint density at radius 2 is 1.63 bits per heavy atom. The second kappa shape index (κ2) is 8.13. The zero-order valence-electron chi connectivity index (χ0n) is 18.5. The molecule has 5 rings (SSSR count). The number of benzene rings is 3. The second-order valence-corrected chi connectivity index (χ2v) is 8.23. The van der Waals surface area contributed by atoms with E-state index in [2.05, 4.69) is 16.6 Å². The van der Waals surface area contributed by atoms with Gasteiger partial charge in [0.1, 0.15) is 22.6 Å². The van der Waals surface area contributed by atoms with Gasteiger partial charge in [0, 0.05) is 36.4 Å². The van der Waals surface area contributed by atoms with Gasteiger partial charge in [-0.25, -0.2) is 4.79 Å². The van der Waals surface area contributed by atoms with Crippen molar-refractivity contribution in [3.05, 3.63) is 83.4 Å². The predicted octanol–water partition coefficient (Wildman–Crippen LogP) is 6.68. The fourth-order valence-corrected chi connectivity index (χ4v) is 3.72. The van der Waals surface area contributed by atoms with Crippen LogP contribution in [0.1, 0.15) is 35.3 Å². The Morgan fingerprint density at radius 3 is 2.31 bits per heavy atom. The fourth-order valence-electron chi connectivity index (χ4n) is 3.72. The molecule has 0 bridgehead atoms. The maximum absolute atomic E-state index is 12.6. The molecule has 1 aliphatic heterocycles. The van der Waals surface area contributed by atoms with Crippen molar-refractivity contribution in [3.63, 3.8) is 0 Å². The molecule has 5 nitrogen and oxygen atoms in total. The summed E-state index contributed by atoms with van der Waals surface area (Å²) in [4.78, 5) is 12.6.